The Morgan fingerprint density at radius 3 is 1.98 bits per heavy atom. The summed E-state index contributed by atoms with van der Waals surface area (Å²) in [5.41, 5.74) is 6.90. The predicted octanol–water partition coefficient (Wildman–Crippen LogP) is 6.00. The maximum absolute atomic E-state index is 13.7. The average molecular weight is 547 g/mol. The molecule has 0 aliphatic rings. The van der Waals surface area contributed by atoms with Gasteiger partial charge in [-0.25, -0.2) is 4.79 Å². The molecule has 0 radical (unpaired) electrons. The highest BCUT2D eigenvalue weighted by Crippen LogP contribution is 2.22. The van der Waals surface area contributed by atoms with Crippen molar-refractivity contribution in [1.82, 2.24) is 4.90 Å². The molecule has 0 spiro atoms. The van der Waals surface area contributed by atoms with Crippen LogP contribution in [0.25, 0.3) is 10.8 Å². The Hall–Kier alpha value is -3.71. The van der Waals surface area contributed by atoms with Crippen molar-refractivity contribution in [1.29, 1.82) is 0 Å². The number of fused-ring (bicyclic) bond motifs is 1. The zero-order valence-corrected chi connectivity index (χ0v) is 23.3. The number of hydrogen-bond acceptors (Lipinski definition) is 5. The van der Waals surface area contributed by atoms with Gasteiger partial charge in [-0.2, -0.15) is 0 Å². The van der Waals surface area contributed by atoms with E-state index in [-0.39, 0.29) is 25.0 Å². The molecule has 0 aromatic heterocycles. The Balaban J connectivity index is 1.69. The minimum atomic E-state index is -1.34. The van der Waals surface area contributed by atoms with Crippen LogP contribution in [0.5, 0.6) is 5.75 Å². The minimum absolute atomic E-state index is 0.0349. The normalized spacial score (nSPS) is 11.8. The Morgan fingerprint density at radius 1 is 0.725 bits per heavy atom. The monoisotopic (exact) mass is 546 g/mol. The number of phenolic OH excluding ortho intramolecular Hbond substituents is 1. The van der Waals surface area contributed by atoms with Crippen LogP contribution >= 0.6 is 0 Å². The lowest BCUT2D eigenvalue weighted by Gasteiger charge is -2.28. The van der Waals surface area contributed by atoms with Crippen molar-refractivity contribution in [3.63, 3.8) is 0 Å². The summed E-state index contributed by atoms with van der Waals surface area (Å²) in [6.07, 6.45) is 9.36. The summed E-state index contributed by atoms with van der Waals surface area (Å²) in [4.78, 5) is 40.5. The highest BCUT2D eigenvalue weighted by atomic mass is 16.4. The Morgan fingerprint density at radius 2 is 1.32 bits per heavy atom. The maximum atomic E-state index is 13.7. The molecule has 1 atom stereocenters. The van der Waals surface area contributed by atoms with Crippen LogP contribution in [0.1, 0.15) is 75.3 Å². The van der Waals surface area contributed by atoms with Crippen LogP contribution in [0.4, 0.5) is 0 Å². The summed E-state index contributed by atoms with van der Waals surface area (Å²) in [6.45, 7) is 0.743. The van der Waals surface area contributed by atoms with Crippen LogP contribution in [-0.4, -0.2) is 45.5 Å². The third-order valence-corrected chi connectivity index (χ3v) is 7.32. The van der Waals surface area contributed by atoms with Gasteiger partial charge in [-0.15, -0.1) is 0 Å². The van der Waals surface area contributed by atoms with E-state index in [1.807, 2.05) is 42.5 Å². The van der Waals surface area contributed by atoms with E-state index >= 15 is 0 Å². The van der Waals surface area contributed by atoms with Crippen molar-refractivity contribution in [2.24, 2.45) is 5.73 Å². The van der Waals surface area contributed by atoms with E-state index in [1.54, 1.807) is 12.1 Å². The lowest BCUT2D eigenvalue weighted by molar-refractivity contribution is -0.157. The van der Waals surface area contributed by atoms with Gasteiger partial charge in [0.2, 0.25) is 11.8 Å². The van der Waals surface area contributed by atoms with Crippen molar-refractivity contribution in [2.75, 3.05) is 6.54 Å². The van der Waals surface area contributed by atoms with Crippen molar-refractivity contribution < 1.29 is 24.6 Å². The molecule has 3 aromatic carbocycles. The molecule has 2 amide bonds. The van der Waals surface area contributed by atoms with Crippen LogP contribution in [0.2, 0.25) is 0 Å². The Kier molecular flexibility index (Phi) is 12.6. The SMILES string of the molecule is NCCCCCCCCCCCC(=O)N(C(=O)Cc1cccc2ccccc12)[C@@H](Cc1ccc(O)cc1)C(=O)O. The van der Waals surface area contributed by atoms with Gasteiger partial charge in [0, 0.05) is 12.8 Å². The standard InChI is InChI=1S/C33H42N2O5/c34-22-11-7-5-3-1-2-4-6-8-17-31(37)35(30(33(39)40)23-25-18-20-28(36)21-19-25)32(38)24-27-15-12-14-26-13-9-10-16-29(26)27/h9-10,12-16,18-21,30,36H,1-8,11,17,22-24,34H2,(H,39,40)/t30-/m0/s1. The molecule has 0 fully saturated rings. The third-order valence-electron chi connectivity index (χ3n) is 7.32. The molecule has 0 saturated heterocycles. The smallest absolute Gasteiger partial charge is 0.327 e. The highest BCUT2D eigenvalue weighted by Gasteiger charge is 2.34. The van der Waals surface area contributed by atoms with Crippen molar-refractivity contribution >= 4 is 28.6 Å². The fourth-order valence-electron chi connectivity index (χ4n) is 5.10. The Labute approximate surface area is 237 Å². The first-order chi connectivity index (χ1) is 19.4. The quantitative estimate of drug-likeness (QED) is 0.179. The number of hydrogen-bond donors (Lipinski definition) is 3. The van der Waals surface area contributed by atoms with Gasteiger partial charge in [0.1, 0.15) is 11.8 Å². The second kappa shape index (κ2) is 16.4. The van der Waals surface area contributed by atoms with Gasteiger partial charge < -0.3 is 15.9 Å². The average Bonchev–Trinajstić information content (AvgIpc) is 2.95. The predicted molar refractivity (Wildman–Crippen MR) is 158 cm³/mol. The molecular formula is C33H42N2O5. The van der Waals surface area contributed by atoms with Gasteiger partial charge in [0.05, 0.1) is 6.42 Å². The summed E-state index contributed by atoms with van der Waals surface area (Å²) < 4.78 is 0. The summed E-state index contributed by atoms with van der Waals surface area (Å²) in [5, 5.41) is 21.6. The molecule has 0 saturated carbocycles. The third kappa shape index (κ3) is 9.49. The second-order valence-corrected chi connectivity index (χ2v) is 10.4. The van der Waals surface area contributed by atoms with Crippen LogP contribution in [0.15, 0.2) is 66.7 Å². The molecule has 0 aliphatic carbocycles. The van der Waals surface area contributed by atoms with Crippen LogP contribution in [0.3, 0.4) is 0 Å². The number of nitrogens with two attached hydrogens (primary N) is 1. The molecule has 0 heterocycles. The zero-order chi connectivity index (χ0) is 28.7. The summed E-state index contributed by atoms with van der Waals surface area (Å²) in [6, 6.07) is 18.2. The molecule has 3 aromatic rings. The molecule has 3 rings (SSSR count). The number of carboxylic acids is 1. The number of rotatable bonds is 17. The van der Waals surface area contributed by atoms with E-state index in [4.69, 9.17) is 5.73 Å². The largest absolute Gasteiger partial charge is 0.508 e. The first kappa shape index (κ1) is 30.8. The lowest BCUT2D eigenvalue weighted by atomic mass is 9.99. The van der Waals surface area contributed by atoms with Crippen LogP contribution in [-0.2, 0) is 27.2 Å². The van der Waals surface area contributed by atoms with Crippen molar-refractivity contribution in [2.45, 2.75) is 83.1 Å². The van der Waals surface area contributed by atoms with Gasteiger partial charge in [-0.1, -0.05) is 99.5 Å². The van der Waals surface area contributed by atoms with Gasteiger partial charge in [-0.3, -0.25) is 14.5 Å². The van der Waals surface area contributed by atoms with Gasteiger partial charge in [0.25, 0.3) is 0 Å². The fourth-order valence-corrected chi connectivity index (χ4v) is 5.10. The number of amides is 2. The van der Waals surface area contributed by atoms with Gasteiger partial charge in [0.15, 0.2) is 0 Å². The molecule has 0 bridgehead atoms. The Bertz CT molecular complexity index is 1240. The first-order valence-corrected chi connectivity index (χ1v) is 14.4. The van der Waals surface area contributed by atoms with E-state index in [0.717, 1.165) is 59.9 Å². The number of benzene rings is 3. The number of aliphatic carboxylic acids is 1. The topological polar surface area (TPSA) is 121 Å². The highest BCUT2D eigenvalue weighted by molar-refractivity contribution is 6.01. The van der Waals surface area contributed by atoms with Crippen molar-refractivity contribution in [3.8, 4) is 5.75 Å². The van der Waals surface area contributed by atoms with Crippen LogP contribution in [0, 0.1) is 0 Å². The number of unbranched alkanes of at least 4 members (excludes halogenated alkanes) is 8. The summed E-state index contributed by atoms with van der Waals surface area (Å²) in [7, 11) is 0. The number of carboxylic acid groups (broad SMARTS) is 1. The summed E-state index contributed by atoms with van der Waals surface area (Å²) in [5.74, 6) is -2.16. The number of carbonyl (C=O) groups is 3. The molecule has 40 heavy (non-hydrogen) atoms. The van der Waals surface area contributed by atoms with E-state index in [1.165, 1.54) is 31.4 Å². The van der Waals surface area contributed by atoms with E-state index in [0.29, 0.717) is 12.0 Å². The maximum Gasteiger partial charge on any atom is 0.327 e. The zero-order valence-electron chi connectivity index (χ0n) is 23.3. The molecule has 0 aliphatic heterocycles. The van der Waals surface area contributed by atoms with Gasteiger partial charge in [-0.05, 0) is 53.4 Å². The number of aromatic hydroxyl groups is 1. The molecule has 7 nitrogen and oxygen atoms in total. The van der Waals surface area contributed by atoms with E-state index in [9.17, 15) is 24.6 Å². The molecule has 0 unspecified atom stereocenters. The number of nitrogens with zero attached hydrogens (tertiary/aromatic N) is 1. The van der Waals surface area contributed by atoms with E-state index < -0.39 is 23.8 Å². The fraction of sp³-hybridized carbons (Fsp3) is 0.424. The van der Waals surface area contributed by atoms with Crippen LogP contribution < -0.4 is 5.73 Å². The number of imide groups is 1. The summed E-state index contributed by atoms with van der Waals surface area (Å²) >= 11 is 0. The molecule has 7 heteroatoms. The lowest BCUT2D eigenvalue weighted by Crippen LogP contribution is -2.50. The first-order valence-electron chi connectivity index (χ1n) is 14.4. The van der Waals surface area contributed by atoms with E-state index in [2.05, 4.69) is 0 Å². The second-order valence-electron chi connectivity index (χ2n) is 10.4. The number of phenols is 1. The molecule has 214 valence electrons. The molecular weight excluding hydrogens is 504 g/mol. The molecule has 4 N–H and O–H groups in total. The van der Waals surface area contributed by atoms with Gasteiger partial charge >= 0.3 is 5.97 Å². The van der Waals surface area contributed by atoms with Crippen molar-refractivity contribution in [3.05, 3.63) is 77.9 Å². The minimum Gasteiger partial charge on any atom is -0.508 e. The number of carbonyl (C=O) groups excluding carboxylic acids is 2.